The number of hydrogen-bond acceptors (Lipinski definition) is 6. The normalized spacial score (nSPS) is 14.4. The maximum atomic E-state index is 12.6. The van der Waals surface area contributed by atoms with Crippen LogP contribution in [0.2, 0.25) is 0 Å². The van der Waals surface area contributed by atoms with Gasteiger partial charge in [-0.1, -0.05) is 0 Å². The summed E-state index contributed by atoms with van der Waals surface area (Å²) in [5.41, 5.74) is 5.16. The summed E-state index contributed by atoms with van der Waals surface area (Å²) in [7, 11) is 0. The zero-order chi connectivity index (χ0) is 21.1. The Kier molecular flexibility index (Phi) is 5.80. The molecule has 0 bridgehead atoms. The van der Waals surface area contributed by atoms with Crippen molar-refractivity contribution in [1.82, 2.24) is 15.7 Å². The zero-order valence-electron chi connectivity index (χ0n) is 16.2. The van der Waals surface area contributed by atoms with Gasteiger partial charge >= 0.3 is 0 Å². The van der Waals surface area contributed by atoms with Gasteiger partial charge in [-0.2, -0.15) is 5.10 Å². The average molecular weight is 471 g/mol. The Morgan fingerprint density at radius 2 is 2.13 bits per heavy atom. The van der Waals surface area contributed by atoms with Crippen LogP contribution in [0.5, 0.6) is 0 Å². The van der Waals surface area contributed by atoms with Gasteiger partial charge in [0.1, 0.15) is 11.5 Å². The van der Waals surface area contributed by atoms with Crippen LogP contribution >= 0.6 is 15.9 Å². The Hall–Kier alpha value is -3.20. The van der Waals surface area contributed by atoms with Crippen molar-refractivity contribution >= 4 is 33.5 Å². The van der Waals surface area contributed by atoms with Crippen molar-refractivity contribution in [3.63, 3.8) is 0 Å². The number of nitrogens with zero attached hydrogens (tertiary/aromatic N) is 2. The van der Waals surface area contributed by atoms with E-state index < -0.39 is 0 Å². The number of hydrazone groups is 1. The summed E-state index contributed by atoms with van der Waals surface area (Å²) in [6.45, 7) is 2.10. The van der Waals surface area contributed by atoms with E-state index in [4.69, 9.17) is 8.83 Å². The van der Waals surface area contributed by atoms with Crippen molar-refractivity contribution in [2.75, 3.05) is 0 Å². The number of amides is 2. The van der Waals surface area contributed by atoms with E-state index in [1.54, 1.807) is 30.7 Å². The second-order valence-corrected chi connectivity index (χ2v) is 7.78. The molecule has 0 aliphatic heterocycles. The quantitative estimate of drug-likeness (QED) is 0.551. The number of aromatic nitrogens is 1. The fourth-order valence-corrected chi connectivity index (χ4v) is 3.74. The molecule has 3 heterocycles. The van der Waals surface area contributed by atoms with Crippen LogP contribution in [0, 0.1) is 6.92 Å². The van der Waals surface area contributed by atoms with Crippen LogP contribution in [0.25, 0.3) is 0 Å². The second-order valence-electron chi connectivity index (χ2n) is 6.86. The van der Waals surface area contributed by atoms with Crippen molar-refractivity contribution in [3.05, 3.63) is 75.3 Å². The lowest BCUT2D eigenvalue weighted by atomic mass is 9.93. The minimum Gasteiger partial charge on any atom is -0.467 e. The number of carbonyl (C=O) groups is 2. The second kappa shape index (κ2) is 8.66. The van der Waals surface area contributed by atoms with Crippen LogP contribution in [0.3, 0.4) is 0 Å². The third kappa shape index (κ3) is 4.20. The van der Waals surface area contributed by atoms with Crippen LogP contribution in [0.4, 0.5) is 0 Å². The first-order chi connectivity index (χ1) is 14.5. The van der Waals surface area contributed by atoms with Gasteiger partial charge in [-0.05, 0) is 53.9 Å². The highest BCUT2D eigenvalue weighted by Crippen LogP contribution is 2.30. The lowest BCUT2D eigenvalue weighted by Gasteiger charge is -2.13. The molecule has 0 saturated carbocycles. The van der Waals surface area contributed by atoms with Gasteiger partial charge in [-0.25, -0.2) is 5.43 Å². The van der Waals surface area contributed by atoms with Crippen LogP contribution in [-0.2, 0) is 13.0 Å². The predicted molar refractivity (Wildman–Crippen MR) is 112 cm³/mol. The summed E-state index contributed by atoms with van der Waals surface area (Å²) in [5.74, 6) is 0.940. The van der Waals surface area contributed by atoms with Gasteiger partial charge < -0.3 is 14.2 Å². The molecule has 0 atom stereocenters. The molecule has 3 aromatic rings. The molecule has 9 heteroatoms. The van der Waals surface area contributed by atoms with Crippen LogP contribution in [0.15, 0.2) is 55.3 Å². The molecular weight excluding hydrogens is 452 g/mol. The van der Waals surface area contributed by atoms with E-state index in [2.05, 4.69) is 36.8 Å². The average Bonchev–Trinajstić information content (AvgIpc) is 3.38. The number of carbonyl (C=O) groups excluding carboxylic acids is 2. The van der Waals surface area contributed by atoms with Gasteiger partial charge in [-0.3, -0.25) is 14.6 Å². The molecular formula is C21H19BrN4O4. The van der Waals surface area contributed by atoms with Crippen LogP contribution in [-0.4, -0.2) is 22.5 Å². The van der Waals surface area contributed by atoms with E-state index >= 15 is 0 Å². The van der Waals surface area contributed by atoms with Crippen molar-refractivity contribution < 1.29 is 18.4 Å². The Labute approximate surface area is 180 Å². The Morgan fingerprint density at radius 1 is 1.27 bits per heavy atom. The summed E-state index contributed by atoms with van der Waals surface area (Å²) in [6, 6.07) is 5.22. The van der Waals surface area contributed by atoms with E-state index in [0.29, 0.717) is 45.7 Å². The molecule has 8 nitrogen and oxygen atoms in total. The number of nitrogens with one attached hydrogen (secondary N) is 2. The van der Waals surface area contributed by atoms with E-state index in [0.717, 1.165) is 12.0 Å². The maximum absolute atomic E-state index is 12.6. The van der Waals surface area contributed by atoms with Crippen molar-refractivity contribution in [3.8, 4) is 0 Å². The van der Waals surface area contributed by atoms with Gasteiger partial charge in [0.15, 0.2) is 5.76 Å². The minimum atomic E-state index is -0.360. The first-order valence-corrected chi connectivity index (χ1v) is 10.2. The fraction of sp³-hybridized carbons (Fsp3) is 0.238. The monoisotopic (exact) mass is 470 g/mol. The zero-order valence-corrected chi connectivity index (χ0v) is 17.8. The number of fused-ring (bicyclic) bond motifs is 1. The molecule has 4 rings (SSSR count). The molecule has 0 unspecified atom stereocenters. The smallest absolute Gasteiger partial charge is 0.287 e. The molecule has 1 aliphatic rings. The summed E-state index contributed by atoms with van der Waals surface area (Å²) in [5, 5.41) is 7.11. The molecule has 154 valence electrons. The van der Waals surface area contributed by atoms with Gasteiger partial charge in [0, 0.05) is 34.4 Å². The predicted octanol–water partition coefficient (Wildman–Crippen LogP) is 3.74. The molecule has 0 aromatic carbocycles. The van der Waals surface area contributed by atoms with Gasteiger partial charge in [0.25, 0.3) is 11.8 Å². The molecule has 0 fully saturated rings. The summed E-state index contributed by atoms with van der Waals surface area (Å²) < 4.78 is 11.8. The molecule has 3 aromatic heterocycles. The SMILES string of the molecule is Cc1c(C(=O)NCc2ccco2)oc2c1/C(=N/NC(=O)c1cncc(Br)c1)CCC2. The fourth-order valence-electron chi connectivity index (χ4n) is 3.38. The van der Waals surface area contributed by atoms with Crippen molar-refractivity contribution in [1.29, 1.82) is 0 Å². The van der Waals surface area contributed by atoms with Crippen molar-refractivity contribution in [2.45, 2.75) is 32.7 Å². The molecule has 0 spiro atoms. The van der Waals surface area contributed by atoms with E-state index in [1.165, 1.54) is 6.20 Å². The van der Waals surface area contributed by atoms with E-state index in [1.807, 2.05) is 6.92 Å². The maximum Gasteiger partial charge on any atom is 0.287 e. The molecule has 0 radical (unpaired) electrons. The standard InChI is InChI=1S/C21H19BrN4O4/c1-12-18-16(25-26-20(27)13-8-14(22)10-23-9-13)5-2-6-17(18)30-19(12)21(28)24-11-15-4-3-7-29-15/h3-4,7-10H,2,5-6,11H2,1H3,(H,24,28)(H,26,27)/b25-16+. The van der Waals surface area contributed by atoms with Gasteiger partial charge in [0.2, 0.25) is 0 Å². The van der Waals surface area contributed by atoms with Crippen molar-refractivity contribution in [2.24, 2.45) is 5.10 Å². The number of furan rings is 2. The summed E-state index contributed by atoms with van der Waals surface area (Å²) in [4.78, 5) is 29.0. The Morgan fingerprint density at radius 3 is 2.90 bits per heavy atom. The first-order valence-electron chi connectivity index (χ1n) is 9.43. The summed E-state index contributed by atoms with van der Waals surface area (Å²) in [6.07, 6.45) is 6.84. The van der Waals surface area contributed by atoms with E-state index in [9.17, 15) is 9.59 Å². The highest BCUT2D eigenvalue weighted by Gasteiger charge is 2.28. The number of aryl methyl sites for hydroxylation is 1. The number of halogens is 1. The molecule has 2 N–H and O–H groups in total. The lowest BCUT2D eigenvalue weighted by Crippen LogP contribution is -2.23. The largest absolute Gasteiger partial charge is 0.467 e. The minimum absolute atomic E-state index is 0.253. The molecule has 2 amide bonds. The first kappa shape index (κ1) is 20.1. The van der Waals surface area contributed by atoms with Gasteiger partial charge in [0.05, 0.1) is 24.1 Å². The number of pyridine rings is 1. The number of rotatable bonds is 5. The third-order valence-electron chi connectivity index (χ3n) is 4.79. The topological polar surface area (TPSA) is 110 Å². The van der Waals surface area contributed by atoms with Crippen LogP contribution < -0.4 is 10.7 Å². The number of hydrogen-bond donors (Lipinski definition) is 2. The van der Waals surface area contributed by atoms with Crippen LogP contribution in [0.1, 0.15) is 56.4 Å². The van der Waals surface area contributed by atoms with E-state index in [-0.39, 0.29) is 24.1 Å². The highest BCUT2D eigenvalue weighted by atomic mass is 79.9. The Balaban J connectivity index is 1.52. The molecule has 1 aliphatic carbocycles. The summed E-state index contributed by atoms with van der Waals surface area (Å²) >= 11 is 3.30. The molecule has 30 heavy (non-hydrogen) atoms. The highest BCUT2D eigenvalue weighted by molar-refractivity contribution is 9.10. The Bertz CT molecular complexity index is 1120. The van der Waals surface area contributed by atoms with Gasteiger partial charge in [-0.15, -0.1) is 0 Å². The molecule has 0 saturated heterocycles. The third-order valence-corrected chi connectivity index (χ3v) is 5.23. The lowest BCUT2D eigenvalue weighted by molar-refractivity contribution is 0.0916.